The fourth-order valence-corrected chi connectivity index (χ4v) is 8.34. The molecule has 0 unspecified atom stereocenters. The van der Waals surface area contributed by atoms with Gasteiger partial charge >= 0.3 is 5.97 Å². The zero-order valence-corrected chi connectivity index (χ0v) is 31.0. The summed E-state index contributed by atoms with van der Waals surface area (Å²) in [4.78, 5) is 62.0. The van der Waals surface area contributed by atoms with Gasteiger partial charge in [0, 0.05) is 25.7 Å². The van der Waals surface area contributed by atoms with Crippen molar-refractivity contribution in [2.45, 2.75) is 88.8 Å². The predicted molar refractivity (Wildman–Crippen MR) is 197 cm³/mol. The summed E-state index contributed by atoms with van der Waals surface area (Å²) in [6.07, 6.45) is 3.88. The van der Waals surface area contributed by atoms with Crippen molar-refractivity contribution in [2.24, 2.45) is 17.8 Å². The lowest BCUT2D eigenvalue weighted by atomic mass is 9.70. The summed E-state index contributed by atoms with van der Waals surface area (Å²) >= 11 is 0. The Balaban J connectivity index is 1.53. The Hall–Kier alpha value is -4.48. The Morgan fingerprint density at radius 3 is 2.37 bits per heavy atom. The van der Waals surface area contributed by atoms with Crippen molar-refractivity contribution in [1.82, 2.24) is 9.80 Å². The molecule has 2 bridgehead atoms. The number of nitrogens with zero attached hydrogens (tertiary/aromatic N) is 3. The number of aliphatic hydroxyl groups is 1. The molecular formula is C41H53N3O8. The zero-order valence-electron chi connectivity index (χ0n) is 31.0. The molecule has 3 aliphatic rings. The molecule has 280 valence electrons. The molecule has 11 heteroatoms. The lowest BCUT2D eigenvalue weighted by molar-refractivity contribution is -0.165. The van der Waals surface area contributed by atoms with Gasteiger partial charge in [-0.15, -0.1) is 13.2 Å². The molecule has 8 atom stereocenters. The van der Waals surface area contributed by atoms with E-state index in [1.807, 2.05) is 51.1 Å². The normalized spacial score (nSPS) is 24.9. The topological polar surface area (TPSA) is 126 Å². The molecule has 0 radical (unpaired) electrons. The van der Waals surface area contributed by atoms with Gasteiger partial charge in [0.15, 0.2) is 0 Å². The van der Waals surface area contributed by atoms with Gasteiger partial charge in [-0.05, 0) is 68.4 Å². The number of aliphatic hydroxyl groups excluding tert-OH is 1. The maximum atomic E-state index is 15.0. The molecule has 3 heterocycles. The van der Waals surface area contributed by atoms with Gasteiger partial charge in [-0.2, -0.15) is 0 Å². The fourth-order valence-electron chi connectivity index (χ4n) is 8.34. The van der Waals surface area contributed by atoms with Crippen LogP contribution < -0.4 is 9.64 Å². The van der Waals surface area contributed by atoms with Crippen molar-refractivity contribution >= 4 is 29.4 Å². The summed E-state index contributed by atoms with van der Waals surface area (Å²) in [5, 5.41) is 10.7. The van der Waals surface area contributed by atoms with Crippen molar-refractivity contribution in [3.05, 3.63) is 85.5 Å². The highest BCUT2D eigenvalue weighted by atomic mass is 16.6. The van der Waals surface area contributed by atoms with Crippen LogP contribution >= 0.6 is 0 Å². The molecule has 11 nitrogen and oxygen atoms in total. The van der Waals surface area contributed by atoms with Gasteiger partial charge in [0.2, 0.25) is 11.8 Å². The van der Waals surface area contributed by atoms with Gasteiger partial charge in [-0.3, -0.25) is 19.2 Å². The summed E-state index contributed by atoms with van der Waals surface area (Å²) in [6, 6.07) is 13.9. The van der Waals surface area contributed by atoms with Crippen LogP contribution in [0.1, 0.15) is 64.5 Å². The maximum absolute atomic E-state index is 15.0. The van der Waals surface area contributed by atoms with Crippen LogP contribution in [0.3, 0.4) is 0 Å². The van der Waals surface area contributed by atoms with E-state index >= 15 is 0 Å². The van der Waals surface area contributed by atoms with Crippen molar-refractivity contribution in [2.75, 3.05) is 32.2 Å². The van der Waals surface area contributed by atoms with Crippen LogP contribution in [0.5, 0.6) is 5.75 Å². The second-order valence-electron chi connectivity index (χ2n) is 14.5. The number of carbonyl (C=O) groups excluding carboxylic acids is 4. The first-order valence-electron chi connectivity index (χ1n) is 18.2. The van der Waals surface area contributed by atoms with Gasteiger partial charge in [0.25, 0.3) is 5.91 Å². The van der Waals surface area contributed by atoms with Crippen LogP contribution in [0, 0.1) is 17.8 Å². The molecule has 0 saturated carbocycles. The van der Waals surface area contributed by atoms with Gasteiger partial charge in [-0.1, -0.05) is 56.3 Å². The molecule has 3 amide bonds. The van der Waals surface area contributed by atoms with Gasteiger partial charge in [0.05, 0.1) is 43.7 Å². The highest BCUT2D eigenvalue weighted by molar-refractivity contribution is 6.05. The van der Waals surface area contributed by atoms with Crippen molar-refractivity contribution in [3.8, 4) is 5.75 Å². The van der Waals surface area contributed by atoms with Crippen LogP contribution in [0.4, 0.5) is 5.69 Å². The standard InChI is InChI=1S/C41H53N3O8/c1-8-10-16-33(46)42(6)27(5)36(28-14-12-11-13-15-28)51-40(49)34-32-21-22-41(52-32)35(34)38(47)44(30(25-45)24-26(3)4)37(41)39(48)43(23-9-2)29-17-19-31(50-7)20-18-29/h8-9,11-15,17-20,26-27,30,32,34-37,45H,1-2,10,16,21-25H2,3-7H3/t27-,30+,32-,34+,35+,36+,37-,41+/m0/s1. The number of ether oxygens (including phenoxy) is 3. The third kappa shape index (κ3) is 7.25. The molecule has 5 rings (SSSR count). The van der Waals surface area contributed by atoms with E-state index < -0.39 is 59.6 Å². The number of allylic oxidation sites excluding steroid dienone is 1. The van der Waals surface area contributed by atoms with Crippen molar-refractivity contribution in [1.29, 1.82) is 0 Å². The van der Waals surface area contributed by atoms with Gasteiger partial charge < -0.3 is 34.0 Å². The third-order valence-electron chi connectivity index (χ3n) is 10.9. The smallest absolute Gasteiger partial charge is 0.313 e. The average molecular weight is 716 g/mol. The first-order valence-corrected chi connectivity index (χ1v) is 18.2. The number of carbonyl (C=O) groups is 4. The Kier molecular flexibility index (Phi) is 12.3. The summed E-state index contributed by atoms with van der Waals surface area (Å²) in [7, 11) is 3.25. The van der Waals surface area contributed by atoms with E-state index in [1.165, 1.54) is 4.90 Å². The van der Waals surface area contributed by atoms with Crippen LogP contribution in [0.25, 0.3) is 0 Å². The number of amides is 3. The molecule has 1 N–H and O–H groups in total. The Bertz CT molecular complexity index is 1610. The Morgan fingerprint density at radius 2 is 1.77 bits per heavy atom. The number of hydrogen-bond acceptors (Lipinski definition) is 8. The highest BCUT2D eigenvalue weighted by Gasteiger charge is 2.75. The molecule has 3 saturated heterocycles. The highest BCUT2D eigenvalue weighted by Crippen LogP contribution is 2.59. The van der Waals surface area contributed by atoms with Gasteiger partial charge in [0.1, 0.15) is 23.5 Å². The number of esters is 1. The zero-order chi connectivity index (χ0) is 37.7. The third-order valence-corrected chi connectivity index (χ3v) is 10.9. The van der Waals surface area contributed by atoms with Gasteiger partial charge in [-0.25, -0.2) is 0 Å². The lowest BCUT2D eigenvalue weighted by Gasteiger charge is -2.39. The van der Waals surface area contributed by atoms with Crippen LogP contribution in [-0.4, -0.2) is 95.7 Å². The number of likely N-dealkylation sites (tertiary alicyclic amines) is 1. The minimum Gasteiger partial charge on any atom is -0.497 e. The van der Waals surface area contributed by atoms with Crippen LogP contribution in [0.2, 0.25) is 0 Å². The first-order chi connectivity index (χ1) is 24.9. The number of anilines is 1. The van der Waals surface area contributed by atoms with E-state index in [4.69, 9.17) is 14.2 Å². The van der Waals surface area contributed by atoms with Crippen molar-refractivity contribution in [3.63, 3.8) is 0 Å². The van der Waals surface area contributed by atoms with E-state index in [1.54, 1.807) is 60.4 Å². The molecule has 2 aromatic carbocycles. The number of fused-ring (bicyclic) bond motifs is 1. The summed E-state index contributed by atoms with van der Waals surface area (Å²) in [5.41, 5.74) is -0.0310. The van der Waals surface area contributed by atoms with E-state index in [9.17, 15) is 24.3 Å². The van der Waals surface area contributed by atoms with Crippen molar-refractivity contribution < 1.29 is 38.5 Å². The van der Waals surface area contributed by atoms with Crippen LogP contribution in [-0.2, 0) is 28.7 Å². The number of likely N-dealkylation sites (N-methyl/N-ethyl adjacent to an activating group) is 1. The first kappa shape index (κ1) is 38.7. The minimum absolute atomic E-state index is 0.0989. The molecule has 0 aromatic heterocycles. The Labute approximate surface area is 307 Å². The van der Waals surface area contributed by atoms with E-state index in [0.717, 1.165) is 0 Å². The molecular weight excluding hydrogens is 662 g/mol. The minimum atomic E-state index is -1.32. The predicted octanol–water partition coefficient (Wildman–Crippen LogP) is 5.09. The molecule has 52 heavy (non-hydrogen) atoms. The largest absolute Gasteiger partial charge is 0.497 e. The summed E-state index contributed by atoms with van der Waals surface area (Å²) in [5.74, 6) is -2.80. The van der Waals surface area contributed by atoms with E-state index in [-0.39, 0.29) is 37.3 Å². The van der Waals surface area contributed by atoms with Crippen LogP contribution in [0.15, 0.2) is 79.9 Å². The fraction of sp³-hybridized carbons (Fsp3) is 0.512. The number of hydrogen-bond donors (Lipinski definition) is 1. The molecule has 0 aliphatic carbocycles. The Morgan fingerprint density at radius 1 is 1.08 bits per heavy atom. The average Bonchev–Trinajstić information content (AvgIpc) is 3.80. The summed E-state index contributed by atoms with van der Waals surface area (Å²) in [6.45, 7) is 13.2. The molecule has 3 fully saturated rings. The number of methoxy groups -OCH3 is 1. The van der Waals surface area contributed by atoms with E-state index in [0.29, 0.717) is 42.7 Å². The maximum Gasteiger partial charge on any atom is 0.313 e. The quantitative estimate of drug-likeness (QED) is 0.177. The monoisotopic (exact) mass is 715 g/mol. The number of rotatable bonds is 17. The SMILES string of the molecule is C=CCCC(=O)N(C)[C@@H](C)[C@@H](OC(=O)[C@@H]1[C@@H]2CC[C@]3(O2)[C@H](C(=O)N(CC=C)c2ccc(OC)cc2)N([C@@H](CO)CC(C)C)C(=O)[C@@H]13)c1ccccc1. The molecule has 2 aromatic rings. The lowest BCUT2D eigenvalue weighted by Crippen LogP contribution is -2.59. The molecule has 3 aliphatic heterocycles. The summed E-state index contributed by atoms with van der Waals surface area (Å²) < 4.78 is 18.4. The molecule has 1 spiro atoms. The second-order valence-corrected chi connectivity index (χ2v) is 14.5. The number of benzene rings is 2. The van der Waals surface area contributed by atoms with E-state index in [2.05, 4.69) is 13.2 Å². The second kappa shape index (κ2) is 16.5.